The molecule has 6 rings (SSSR count). The quantitative estimate of drug-likeness (QED) is 0.372. The van der Waals surface area contributed by atoms with Gasteiger partial charge in [0.1, 0.15) is 23.5 Å². The van der Waals surface area contributed by atoms with Gasteiger partial charge in [-0.3, -0.25) is 9.48 Å². The van der Waals surface area contributed by atoms with E-state index in [-0.39, 0.29) is 23.5 Å². The van der Waals surface area contributed by atoms with Gasteiger partial charge in [0.2, 0.25) is 5.82 Å². The number of nitrogens with zero attached hydrogens (tertiary/aromatic N) is 9. The molecule has 1 aromatic carbocycles. The first-order chi connectivity index (χ1) is 17.4. The van der Waals surface area contributed by atoms with Crippen molar-refractivity contribution < 1.29 is 0 Å². The van der Waals surface area contributed by atoms with Crippen molar-refractivity contribution in [1.29, 1.82) is 0 Å². The second kappa shape index (κ2) is 8.26. The van der Waals surface area contributed by atoms with Gasteiger partial charge in [0.25, 0.3) is 5.56 Å². The van der Waals surface area contributed by atoms with Crippen molar-refractivity contribution in [2.24, 2.45) is 14.1 Å². The maximum Gasteiger partial charge on any atom is 0.259 e. The molecule has 0 unspecified atom stereocenters. The summed E-state index contributed by atoms with van der Waals surface area (Å²) in [5.41, 5.74) is 9.30. The first-order valence-corrected chi connectivity index (χ1v) is 11.7. The highest BCUT2D eigenvalue weighted by Crippen LogP contribution is 2.39. The van der Waals surface area contributed by atoms with Gasteiger partial charge >= 0.3 is 0 Å². The molecule has 0 bridgehead atoms. The number of fused-ring (bicyclic) bond motifs is 1. The largest absolute Gasteiger partial charge is 0.383 e. The molecular weight excluding hydrogens is 458 g/mol. The van der Waals surface area contributed by atoms with Crippen LogP contribution in [0.15, 0.2) is 47.8 Å². The maximum absolute atomic E-state index is 14.0. The van der Waals surface area contributed by atoms with Gasteiger partial charge < -0.3 is 15.6 Å². The van der Waals surface area contributed by atoms with Crippen LogP contribution in [0.3, 0.4) is 0 Å². The van der Waals surface area contributed by atoms with E-state index in [0.717, 1.165) is 35.0 Å². The average Bonchev–Trinajstić information content (AvgIpc) is 3.45. The predicted molar refractivity (Wildman–Crippen MR) is 135 cm³/mol. The van der Waals surface area contributed by atoms with Crippen LogP contribution in [0, 0.1) is 0 Å². The number of rotatable bonds is 6. The summed E-state index contributed by atoms with van der Waals surface area (Å²) in [6.45, 7) is 2.00. The molecule has 3 N–H and O–H groups in total. The van der Waals surface area contributed by atoms with Crippen molar-refractivity contribution in [1.82, 2.24) is 44.5 Å². The maximum atomic E-state index is 14.0. The fourth-order valence-corrected chi connectivity index (χ4v) is 4.63. The van der Waals surface area contributed by atoms with Crippen LogP contribution < -0.4 is 16.6 Å². The lowest BCUT2D eigenvalue weighted by molar-refractivity contribution is 0.630. The Balaban J connectivity index is 1.47. The fourth-order valence-electron chi connectivity index (χ4n) is 4.63. The van der Waals surface area contributed by atoms with Gasteiger partial charge in [0.05, 0.1) is 24.7 Å². The second-order valence-electron chi connectivity index (χ2n) is 9.10. The van der Waals surface area contributed by atoms with Gasteiger partial charge in [-0.15, -0.1) is 10.2 Å². The van der Waals surface area contributed by atoms with Gasteiger partial charge in [-0.2, -0.15) is 9.90 Å². The molecule has 0 spiro atoms. The third kappa shape index (κ3) is 3.67. The molecule has 4 heterocycles. The number of benzene rings is 1. The second-order valence-corrected chi connectivity index (χ2v) is 9.10. The van der Waals surface area contributed by atoms with E-state index >= 15 is 0 Å². The molecule has 1 aliphatic rings. The first kappa shape index (κ1) is 21.9. The van der Waals surface area contributed by atoms with E-state index < -0.39 is 0 Å². The van der Waals surface area contributed by atoms with Gasteiger partial charge in [-0.05, 0) is 42.0 Å². The molecule has 1 fully saturated rings. The number of anilines is 2. The predicted octanol–water partition coefficient (Wildman–Crippen LogP) is 2.47. The number of nitrogen functional groups attached to an aromatic ring is 1. The number of hydrogen-bond acceptors (Lipinski definition) is 9. The zero-order valence-corrected chi connectivity index (χ0v) is 20.1. The Hall–Kier alpha value is -4.61. The van der Waals surface area contributed by atoms with E-state index in [4.69, 9.17) is 5.73 Å². The van der Waals surface area contributed by atoms with Gasteiger partial charge in [0.15, 0.2) is 0 Å². The van der Waals surface area contributed by atoms with E-state index in [1.165, 1.54) is 11.1 Å². The average molecular weight is 484 g/mol. The minimum absolute atomic E-state index is 0.00359. The Bertz CT molecular complexity index is 1660. The molecule has 0 saturated heterocycles. The summed E-state index contributed by atoms with van der Waals surface area (Å²) in [6.07, 6.45) is 7.04. The molecule has 36 heavy (non-hydrogen) atoms. The van der Waals surface area contributed by atoms with Gasteiger partial charge in [0, 0.05) is 30.5 Å². The lowest BCUT2D eigenvalue weighted by atomic mass is 10.00. The summed E-state index contributed by atoms with van der Waals surface area (Å²) in [7, 11) is 3.54. The zero-order valence-electron chi connectivity index (χ0n) is 20.1. The standard InChI is InChI=1S/C24H25N11O/c1-13(29-22-20(21(25)26-12-27-22)23-30-32-34(3)31-23)18-9-14-5-4-6-17(15-10-28-33(2)11-15)19(14)24(36)35(18)16-7-8-16/h4-6,9-13,16H,7-8H2,1-3H3,(H3,25,26,27,29)/t13-/m0/s1. The number of pyridine rings is 1. The monoisotopic (exact) mass is 483 g/mol. The van der Waals surface area contributed by atoms with Crippen molar-refractivity contribution in [2.75, 3.05) is 11.1 Å². The molecule has 12 nitrogen and oxygen atoms in total. The third-order valence-electron chi connectivity index (χ3n) is 6.44. The van der Waals surface area contributed by atoms with E-state index in [2.05, 4.69) is 41.9 Å². The highest BCUT2D eigenvalue weighted by molar-refractivity contribution is 5.96. The molecular formula is C24H25N11O. The minimum Gasteiger partial charge on any atom is -0.383 e. The van der Waals surface area contributed by atoms with Crippen molar-refractivity contribution in [3.05, 3.63) is 59.0 Å². The Morgan fingerprint density at radius 2 is 2.03 bits per heavy atom. The van der Waals surface area contributed by atoms with E-state index in [1.807, 2.05) is 42.9 Å². The number of aryl methyl sites for hydroxylation is 2. The van der Waals surface area contributed by atoms with E-state index in [0.29, 0.717) is 22.6 Å². The minimum atomic E-state index is -0.269. The zero-order chi connectivity index (χ0) is 25.0. The molecule has 0 amide bonds. The Morgan fingerprint density at radius 3 is 2.72 bits per heavy atom. The van der Waals surface area contributed by atoms with Crippen molar-refractivity contribution in [3.63, 3.8) is 0 Å². The summed E-state index contributed by atoms with van der Waals surface area (Å²) in [4.78, 5) is 23.8. The van der Waals surface area contributed by atoms with Gasteiger partial charge in [-0.1, -0.05) is 18.2 Å². The highest BCUT2D eigenvalue weighted by Gasteiger charge is 2.30. The summed E-state index contributed by atoms with van der Waals surface area (Å²) >= 11 is 0. The molecule has 182 valence electrons. The Morgan fingerprint density at radius 1 is 1.19 bits per heavy atom. The smallest absolute Gasteiger partial charge is 0.259 e. The molecule has 1 aliphatic carbocycles. The molecule has 4 aromatic heterocycles. The third-order valence-corrected chi connectivity index (χ3v) is 6.44. The van der Waals surface area contributed by atoms with Crippen LogP contribution in [0.5, 0.6) is 0 Å². The van der Waals surface area contributed by atoms with Gasteiger partial charge in [-0.25, -0.2) is 9.97 Å². The number of nitrogens with two attached hydrogens (primary N) is 1. The molecule has 1 saturated carbocycles. The van der Waals surface area contributed by atoms with E-state index in [1.54, 1.807) is 17.9 Å². The fraction of sp³-hybridized carbons (Fsp3) is 0.292. The van der Waals surface area contributed by atoms with Crippen LogP contribution in [0.25, 0.3) is 33.3 Å². The summed E-state index contributed by atoms with van der Waals surface area (Å²) < 4.78 is 3.66. The highest BCUT2D eigenvalue weighted by atomic mass is 16.1. The molecule has 0 aliphatic heterocycles. The SMILES string of the molecule is C[C@H](Nc1ncnc(N)c1-c1nnn(C)n1)c1cc2cccc(-c3cnn(C)c3)c2c(=O)n1C1CC1. The normalized spacial score (nSPS) is 14.3. The van der Waals surface area contributed by atoms with Crippen molar-refractivity contribution in [3.8, 4) is 22.5 Å². The topological polar surface area (TPSA) is 147 Å². The van der Waals surface area contributed by atoms with Crippen LogP contribution in [0.1, 0.15) is 37.5 Å². The van der Waals surface area contributed by atoms with Crippen LogP contribution in [-0.2, 0) is 14.1 Å². The Kier molecular flexibility index (Phi) is 5.02. The van der Waals surface area contributed by atoms with Crippen molar-refractivity contribution in [2.45, 2.75) is 31.8 Å². The van der Waals surface area contributed by atoms with Crippen LogP contribution in [-0.4, -0.2) is 44.5 Å². The Labute approximate surface area is 205 Å². The molecule has 12 heteroatoms. The number of aromatic nitrogens is 9. The lowest BCUT2D eigenvalue weighted by Crippen LogP contribution is -2.26. The summed E-state index contributed by atoms with van der Waals surface area (Å²) in [5.74, 6) is 1.04. The van der Waals surface area contributed by atoms with Crippen LogP contribution in [0.4, 0.5) is 11.6 Å². The summed E-state index contributed by atoms with van der Waals surface area (Å²) in [5, 5.41) is 21.5. The number of hydrogen-bond donors (Lipinski definition) is 2. The molecule has 5 aromatic rings. The van der Waals surface area contributed by atoms with Crippen LogP contribution >= 0.6 is 0 Å². The van der Waals surface area contributed by atoms with Crippen LogP contribution in [0.2, 0.25) is 0 Å². The molecule has 1 atom stereocenters. The molecule has 0 radical (unpaired) electrons. The van der Waals surface area contributed by atoms with E-state index in [9.17, 15) is 4.79 Å². The number of nitrogens with one attached hydrogen (secondary N) is 1. The number of tetrazole rings is 1. The summed E-state index contributed by atoms with van der Waals surface area (Å²) in [6, 6.07) is 7.90. The van der Waals surface area contributed by atoms with Crippen molar-refractivity contribution >= 4 is 22.4 Å². The first-order valence-electron chi connectivity index (χ1n) is 11.7. The lowest BCUT2D eigenvalue weighted by Gasteiger charge is -2.22.